The van der Waals surface area contributed by atoms with Crippen LogP contribution >= 0.6 is 12.2 Å². The van der Waals surface area contributed by atoms with E-state index in [1.54, 1.807) is 25.3 Å². The van der Waals surface area contributed by atoms with Crippen LogP contribution in [0.25, 0.3) is 6.08 Å². The van der Waals surface area contributed by atoms with Crippen molar-refractivity contribution in [2.75, 3.05) is 26.2 Å². The lowest BCUT2D eigenvalue weighted by Gasteiger charge is -2.10. The van der Waals surface area contributed by atoms with Gasteiger partial charge >= 0.3 is 0 Å². The van der Waals surface area contributed by atoms with Gasteiger partial charge in [0, 0.05) is 5.56 Å². The second-order valence-corrected chi connectivity index (χ2v) is 4.14. The largest absolute Gasteiger partial charge is 0.492 e. The standard InChI is InChI=1S/C13H15NO4S/c1-3-16-10(19)5-4-8-6-9(14)12-13(11(8)15-2)18-7-17-12/h4-6H,3,7,14H2,1-2H3/b5-4+. The van der Waals surface area contributed by atoms with Crippen molar-refractivity contribution in [2.45, 2.75) is 6.92 Å². The fourth-order valence-corrected chi connectivity index (χ4v) is 1.96. The van der Waals surface area contributed by atoms with Crippen LogP contribution in [0.5, 0.6) is 17.2 Å². The molecule has 19 heavy (non-hydrogen) atoms. The first-order valence-electron chi connectivity index (χ1n) is 5.78. The maximum atomic E-state index is 5.90. The minimum Gasteiger partial charge on any atom is -0.492 e. The van der Waals surface area contributed by atoms with Gasteiger partial charge in [-0.15, -0.1) is 0 Å². The number of methoxy groups -OCH3 is 1. The minimum absolute atomic E-state index is 0.139. The number of benzene rings is 1. The average molecular weight is 281 g/mol. The third-order valence-electron chi connectivity index (χ3n) is 2.54. The second kappa shape index (κ2) is 5.79. The highest BCUT2D eigenvalue weighted by molar-refractivity contribution is 7.80. The van der Waals surface area contributed by atoms with E-state index in [-0.39, 0.29) is 6.79 Å². The van der Waals surface area contributed by atoms with Gasteiger partial charge < -0.3 is 24.7 Å². The van der Waals surface area contributed by atoms with Crippen molar-refractivity contribution in [3.8, 4) is 17.2 Å². The fourth-order valence-electron chi connectivity index (χ4n) is 1.77. The van der Waals surface area contributed by atoms with Crippen LogP contribution in [0.1, 0.15) is 12.5 Å². The predicted molar refractivity (Wildman–Crippen MR) is 76.8 cm³/mol. The van der Waals surface area contributed by atoms with Crippen LogP contribution in [0.15, 0.2) is 12.1 Å². The van der Waals surface area contributed by atoms with Crippen molar-refractivity contribution < 1.29 is 18.9 Å². The first-order valence-corrected chi connectivity index (χ1v) is 6.19. The van der Waals surface area contributed by atoms with Gasteiger partial charge in [0.15, 0.2) is 16.5 Å². The van der Waals surface area contributed by atoms with Gasteiger partial charge in [0.2, 0.25) is 12.5 Å². The van der Waals surface area contributed by atoms with E-state index in [2.05, 4.69) is 0 Å². The van der Waals surface area contributed by atoms with Crippen LogP contribution in [0, 0.1) is 0 Å². The average Bonchev–Trinajstić information content (AvgIpc) is 2.86. The molecular formula is C13H15NO4S. The summed E-state index contributed by atoms with van der Waals surface area (Å²) in [7, 11) is 1.56. The summed E-state index contributed by atoms with van der Waals surface area (Å²) in [5, 5.41) is 0.404. The van der Waals surface area contributed by atoms with Crippen molar-refractivity contribution >= 4 is 29.0 Å². The Bertz CT molecular complexity index is 528. The van der Waals surface area contributed by atoms with Crippen molar-refractivity contribution in [3.05, 3.63) is 17.7 Å². The molecule has 0 fully saturated rings. The number of thiocarbonyl (C=S) groups is 1. The summed E-state index contributed by atoms with van der Waals surface area (Å²) in [4.78, 5) is 0. The van der Waals surface area contributed by atoms with E-state index < -0.39 is 0 Å². The molecular weight excluding hydrogens is 266 g/mol. The molecule has 0 spiro atoms. The Morgan fingerprint density at radius 1 is 1.47 bits per heavy atom. The summed E-state index contributed by atoms with van der Waals surface area (Å²) >= 11 is 5.03. The molecule has 1 aliphatic rings. The minimum atomic E-state index is 0.139. The summed E-state index contributed by atoms with van der Waals surface area (Å²) < 4.78 is 21.2. The van der Waals surface area contributed by atoms with Gasteiger partial charge in [0.05, 0.1) is 19.4 Å². The molecule has 0 unspecified atom stereocenters. The van der Waals surface area contributed by atoms with Gasteiger partial charge in [0.1, 0.15) is 0 Å². The van der Waals surface area contributed by atoms with Gasteiger partial charge in [0.25, 0.3) is 0 Å². The lowest BCUT2D eigenvalue weighted by atomic mass is 10.1. The number of nitrogens with two attached hydrogens (primary N) is 1. The number of hydrogen-bond acceptors (Lipinski definition) is 6. The Hall–Kier alpha value is -1.95. The van der Waals surface area contributed by atoms with Gasteiger partial charge in [-0.3, -0.25) is 0 Å². The third kappa shape index (κ3) is 2.73. The third-order valence-corrected chi connectivity index (χ3v) is 2.80. The Kier molecular flexibility index (Phi) is 4.11. The normalized spacial score (nSPS) is 12.7. The van der Waals surface area contributed by atoms with Crippen LogP contribution < -0.4 is 19.9 Å². The molecule has 0 saturated heterocycles. The first-order chi connectivity index (χ1) is 9.17. The van der Waals surface area contributed by atoms with Crippen molar-refractivity contribution in [1.82, 2.24) is 0 Å². The first kappa shape index (κ1) is 13.5. The Morgan fingerprint density at radius 3 is 2.89 bits per heavy atom. The molecule has 0 aliphatic carbocycles. The van der Waals surface area contributed by atoms with E-state index in [0.717, 1.165) is 5.56 Å². The highest BCUT2D eigenvalue weighted by atomic mass is 32.1. The monoisotopic (exact) mass is 281 g/mol. The Labute approximate surface area is 116 Å². The van der Waals surface area contributed by atoms with Gasteiger partial charge in [-0.05, 0) is 37.4 Å². The molecule has 6 heteroatoms. The predicted octanol–water partition coefficient (Wildman–Crippen LogP) is 2.38. The molecule has 0 aromatic heterocycles. The smallest absolute Gasteiger partial charge is 0.231 e. The molecule has 0 radical (unpaired) electrons. The van der Waals surface area contributed by atoms with Crippen LogP contribution in [-0.2, 0) is 4.74 Å². The molecule has 102 valence electrons. The quantitative estimate of drug-likeness (QED) is 0.519. The molecule has 5 nitrogen and oxygen atoms in total. The zero-order valence-corrected chi connectivity index (χ0v) is 11.6. The maximum absolute atomic E-state index is 5.90. The van der Waals surface area contributed by atoms with Crippen molar-refractivity contribution in [1.29, 1.82) is 0 Å². The molecule has 0 saturated carbocycles. The number of nitrogen functional groups attached to an aromatic ring is 1. The van der Waals surface area contributed by atoms with E-state index >= 15 is 0 Å². The van der Waals surface area contributed by atoms with E-state index in [1.165, 1.54) is 0 Å². The lowest BCUT2D eigenvalue weighted by Crippen LogP contribution is -1.97. The Balaban J connectivity index is 2.35. The molecule has 0 bridgehead atoms. The van der Waals surface area contributed by atoms with Crippen molar-refractivity contribution in [3.63, 3.8) is 0 Å². The summed E-state index contributed by atoms with van der Waals surface area (Å²) in [5.74, 6) is 1.60. The molecule has 2 rings (SSSR count). The summed E-state index contributed by atoms with van der Waals surface area (Å²) in [6.07, 6.45) is 3.45. The topological polar surface area (TPSA) is 62.9 Å². The van der Waals surface area contributed by atoms with Crippen LogP contribution in [0.2, 0.25) is 0 Å². The van der Waals surface area contributed by atoms with Crippen molar-refractivity contribution in [2.24, 2.45) is 0 Å². The number of fused-ring (bicyclic) bond motifs is 1. The van der Waals surface area contributed by atoms with Gasteiger partial charge in [-0.2, -0.15) is 0 Å². The molecule has 2 N–H and O–H groups in total. The van der Waals surface area contributed by atoms with E-state index in [0.29, 0.717) is 34.6 Å². The zero-order chi connectivity index (χ0) is 13.8. The summed E-state index contributed by atoms with van der Waals surface area (Å²) in [5.41, 5.74) is 7.15. The highest BCUT2D eigenvalue weighted by Crippen LogP contribution is 2.47. The van der Waals surface area contributed by atoms with E-state index in [4.69, 9.17) is 36.9 Å². The van der Waals surface area contributed by atoms with Gasteiger partial charge in [-0.1, -0.05) is 0 Å². The molecule has 1 heterocycles. The lowest BCUT2D eigenvalue weighted by molar-refractivity contribution is 0.171. The highest BCUT2D eigenvalue weighted by Gasteiger charge is 2.24. The number of anilines is 1. The molecule has 1 aromatic carbocycles. The summed E-state index contributed by atoms with van der Waals surface area (Å²) in [6, 6.07) is 1.75. The van der Waals surface area contributed by atoms with Gasteiger partial charge in [-0.25, -0.2) is 0 Å². The fraction of sp³-hybridized carbons (Fsp3) is 0.308. The molecule has 0 atom stereocenters. The second-order valence-electron chi connectivity index (χ2n) is 3.74. The SMILES string of the molecule is CCOC(=S)/C=C/c1cc(N)c2c(c1OC)OCO2. The number of hydrogen-bond donors (Lipinski definition) is 1. The number of ether oxygens (including phenoxy) is 4. The van der Waals surface area contributed by atoms with E-state index in [1.807, 2.05) is 6.92 Å². The number of rotatable bonds is 4. The van der Waals surface area contributed by atoms with Crippen LogP contribution in [0.4, 0.5) is 5.69 Å². The maximum Gasteiger partial charge on any atom is 0.231 e. The zero-order valence-electron chi connectivity index (χ0n) is 10.8. The molecule has 0 amide bonds. The van der Waals surface area contributed by atoms with Crippen LogP contribution in [-0.4, -0.2) is 25.6 Å². The summed E-state index contributed by atoms with van der Waals surface area (Å²) in [6.45, 7) is 2.54. The van der Waals surface area contributed by atoms with E-state index in [9.17, 15) is 0 Å². The molecule has 1 aromatic rings. The molecule has 1 aliphatic heterocycles. The van der Waals surface area contributed by atoms with Crippen LogP contribution in [0.3, 0.4) is 0 Å². The Morgan fingerprint density at radius 2 is 2.21 bits per heavy atom.